The number of carbonyl (C=O) groups excluding carboxylic acids is 4. The number of phenolic OH excluding ortho intramolecular Hbond substituents is 1. The summed E-state index contributed by atoms with van der Waals surface area (Å²) in [4.78, 5) is 56.5. The van der Waals surface area contributed by atoms with Gasteiger partial charge in [-0.1, -0.05) is 56.3 Å². The van der Waals surface area contributed by atoms with Crippen LogP contribution in [0.4, 0.5) is 4.79 Å². The number of nitrogens with zero attached hydrogens (tertiary/aromatic N) is 1. The number of nitrogens with one attached hydrogen (secondary N) is 2. The van der Waals surface area contributed by atoms with E-state index in [1.165, 1.54) is 17.0 Å². The van der Waals surface area contributed by atoms with E-state index < -0.39 is 53.2 Å². The predicted molar refractivity (Wildman–Crippen MR) is 171 cm³/mol. The molecule has 3 unspecified atom stereocenters. The van der Waals surface area contributed by atoms with Crippen LogP contribution in [-0.2, 0) is 30.3 Å². The Morgan fingerprint density at radius 1 is 0.867 bits per heavy atom. The molecule has 0 aliphatic heterocycles. The molecule has 246 valence electrons. The highest BCUT2D eigenvalue weighted by molar-refractivity contribution is 5.94. The van der Waals surface area contributed by atoms with Crippen molar-refractivity contribution in [1.82, 2.24) is 15.5 Å². The Labute approximate surface area is 266 Å². The van der Waals surface area contributed by atoms with Crippen molar-refractivity contribution in [3.63, 3.8) is 0 Å². The van der Waals surface area contributed by atoms with Crippen LogP contribution in [0.3, 0.4) is 0 Å². The summed E-state index contributed by atoms with van der Waals surface area (Å²) in [6, 6.07) is 11.9. The molecule has 0 bridgehead atoms. The van der Waals surface area contributed by atoms with Crippen molar-refractivity contribution in [3.8, 4) is 5.75 Å². The van der Waals surface area contributed by atoms with Crippen molar-refractivity contribution in [2.75, 3.05) is 0 Å². The van der Waals surface area contributed by atoms with Crippen LogP contribution in [0, 0.1) is 5.92 Å². The van der Waals surface area contributed by atoms with Crippen molar-refractivity contribution in [1.29, 1.82) is 0 Å². The van der Waals surface area contributed by atoms with Gasteiger partial charge < -0.3 is 30.1 Å². The molecule has 2 aromatic carbocycles. The van der Waals surface area contributed by atoms with E-state index in [0.29, 0.717) is 24.8 Å². The molecule has 1 aliphatic carbocycles. The molecule has 1 aliphatic rings. The Bertz CT molecular complexity index is 1330. The van der Waals surface area contributed by atoms with Crippen LogP contribution in [0.15, 0.2) is 54.6 Å². The summed E-state index contributed by atoms with van der Waals surface area (Å²) in [5.41, 5.74) is -0.382. The van der Waals surface area contributed by atoms with Gasteiger partial charge in [-0.15, -0.1) is 0 Å². The molecular weight excluding hydrogens is 574 g/mol. The summed E-state index contributed by atoms with van der Waals surface area (Å²) in [5.74, 6) is -1.70. The van der Waals surface area contributed by atoms with Gasteiger partial charge in [0.2, 0.25) is 11.8 Å². The van der Waals surface area contributed by atoms with E-state index in [4.69, 9.17) is 9.47 Å². The molecular formula is C35H49N3O7. The smallest absolute Gasteiger partial charge is 0.408 e. The SMILES string of the molecule is CC(C)CC(NC(=O)OC(C)(C)C)C(=O)N(C1CC1)C(C(=O)NC(Cc1ccccc1)C(=O)OC(C)(C)C)c1cccc(O)c1. The molecule has 45 heavy (non-hydrogen) atoms. The average Bonchev–Trinajstić information content (AvgIpc) is 3.74. The summed E-state index contributed by atoms with van der Waals surface area (Å²) in [6.07, 6.45) is 1.07. The standard InChI is InChI=1S/C35H49N3O7/c1-22(2)19-27(37-33(43)45-35(6,7)8)31(41)38(25-17-18-25)29(24-15-12-16-26(39)21-24)30(40)36-28(32(42)44-34(3,4)5)20-23-13-10-9-11-14-23/h9-16,21-22,25,27-29,39H,17-20H2,1-8H3,(H,36,40)(H,37,43). The fraction of sp³-hybridized carbons (Fsp3) is 0.543. The number of benzene rings is 2. The molecule has 1 saturated carbocycles. The van der Waals surface area contributed by atoms with Gasteiger partial charge in [0.25, 0.3) is 0 Å². The quantitative estimate of drug-likeness (QED) is 0.268. The van der Waals surface area contributed by atoms with Crippen molar-refractivity contribution >= 4 is 23.9 Å². The molecule has 0 heterocycles. The summed E-state index contributed by atoms with van der Waals surface area (Å²) in [5, 5.41) is 16.0. The molecule has 10 nitrogen and oxygen atoms in total. The Hall–Kier alpha value is -4.08. The number of esters is 1. The first-order valence-corrected chi connectivity index (χ1v) is 15.6. The van der Waals surface area contributed by atoms with Gasteiger partial charge in [0.05, 0.1) is 0 Å². The molecule has 2 aromatic rings. The van der Waals surface area contributed by atoms with Crippen LogP contribution in [0.1, 0.15) is 91.8 Å². The Kier molecular flexibility index (Phi) is 11.6. The molecule has 0 saturated heterocycles. The predicted octanol–water partition coefficient (Wildman–Crippen LogP) is 5.43. The molecule has 3 rings (SSSR count). The van der Waals surface area contributed by atoms with E-state index in [2.05, 4.69) is 10.6 Å². The normalized spacial score (nSPS) is 15.4. The van der Waals surface area contributed by atoms with Gasteiger partial charge in [-0.3, -0.25) is 9.59 Å². The lowest BCUT2D eigenvalue weighted by Crippen LogP contribution is -2.55. The second-order valence-electron chi connectivity index (χ2n) is 14.1. The third-order valence-corrected chi connectivity index (χ3v) is 6.89. The highest BCUT2D eigenvalue weighted by Crippen LogP contribution is 2.37. The van der Waals surface area contributed by atoms with Crippen molar-refractivity contribution in [3.05, 3.63) is 65.7 Å². The van der Waals surface area contributed by atoms with Gasteiger partial charge in [0.1, 0.15) is 35.1 Å². The second-order valence-corrected chi connectivity index (χ2v) is 14.1. The third-order valence-electron chi connectivity index (χ3n) is 6.89. The van der Waals surface area contributed by atoms with Crippen LogP contribution in [0.2, 0.25) is 0 Å². The van der Waals surface area contributed by atoms with Crippen molar-refractivity contribution in [2.24, 2.45) is 5.92 Å². The number of aromatic hydroxyl groups is 1. The summed E-state index contributed by atoms with van der Waals surface area (Å²) in [7, 11) is 0. The van der Waals surface area contributed by atoms with Crippen molar-refractivity contribution in [2.45, 2.75) is 116 Å². The molecule has 10 heteroatoms. The maximum atomic E-state index is 14.4. The van der Waals surface area contributed by atoms with E-state index in [1.807, 2.05) is 44.2 Å². The average molecular weight is 624 g/mol. The number of carbonyl (C=O) groups is 4. The zero-order valence-electron chi connectivity index (χ0n) is 27.8. The number of alkyl carbamates (subject to hydrolysis) is 1. The molecule has 1 fully saturated rings. The topological polar surface area (TPSA) is 134 Å². The van der Waals surface area contributed by atoms with Crippen LogP contribution in [0.25, 0.3) is 0 Å². The number of phenols is 1. The third kappa shape index (κ3) is 11.4. The lowest BCUT2D eigenvalue weighted by atomic mass is 9.98. The first kappa shape index (κ1) is 35.4. The van der Waals surface area contributed by atoms with Crippen LogP contribution >= 0.6 is 0 Å². The maximum absolute atomic E-state index is 14.4. The van der Waals surface area contributed by atoms with Gasteiger partial charge in [-0.25, -0.2) is 9.59 Å². The van der Waals surface area contributed by atoms with Gasteiger partial charge >= 0.3 is 12.1 Å². The molecule has 3 N–H and O–H groups in total. The lowest BCUT2D eigenvalue weighted by Gasteiger charge is -2.36. The highest BCUT2D eigenvalue weighted by atomic mass is 16.6. The monoisotopic (exact) mass is 623 g/mol. The van der Waals surface area contributed by atoms with E-state index >= 15 is 0 Å². The molecule has 3 amide bonds. The number of amides is 3. The first-order valence-electron chi connectivity index (χ1n) is 15.6. The van der Waals surface area contributed by atoms with E-state index in [9.17, 15) is 24.3 Å². The van der Waals surface area contributed by atoms with Gasteiger partial charge in [0, 0.05) is 12.5 Å². The minimum absolute atomic E-state index is 0.0328. The Morgan fingerprint density at radius 3 is 2.02 bits per heavy atom. The second kappa shape index (κ2) is 14.8. The first-order chi connectivity index (χ1) is 20.9. The lowest BCUT2D eigenvalue weighted by molar-refractivity contribution is -0.159. The maximum Gasteiger partial charge on any atom is 0.408 e. The zero-order chi connectivity index (χ0) is 33.5. The van der Waals surface area contributed by atoms with Crippen LogP contribution in [0.5, 0.6) is 5.75 Å². The van der Waals surface area contributed by atoms with Gasteiger partial charge in [-0.05, 0) is 90.0 Å². The fourth-order valence-electron chi connectivity index (χ4n) is 4.99. The molecule has 0 spiro atoms. The van der Waals surface area contributed by atoms with Crippen molar-refractivity contribution < 1.29 is 33.8 Å². The summed E-state index contributed by atoms with van der Waals surface area (Å²) in [6.45, 7) is 14.3. The van der Waals surface area contributed by atoms with E-state index in [-0.39, 0.29) is 24.1 Å². The summed E-state index contributed by atoms with van der Waals surface area (Å²) < 4.78 is 11.1. The van der Waals surface area contributed by atoms with E-state index in [0.717, 1.165) is 5.56 Å². The Morgan fingerprint density at radius 2 is 1.49 bits per heavy atom. The number of ether oxygens (including phenoxy) is 2. The molecule has 0 radical (unpaired) electrons. The fourth-order valence-corrected chi connectivity index (χ4v) is 4.99. The van der Waals surface area contributed by atoms with Crippen LogP contribution < -0.4 is 10.6 Å². The minimum atomic E-state index is -1.20. The van der Waals surface area contributed by atoms with Crippen LogP contribution in [-0.4, -0.2) is 63.2 Å². The number of rotatable bonds is 12. The Balaban J connectivity index is 2.03. The molecule has 0 aromatic heterocycles. The highest BCUT2D eigenvalue weighted by Gasteiger charge is 2.45. The zero-order valence-corrected chi connectivity index (χ0v) is 27.8. The largest absolute Gasteiger partial charge is 0.508 e. The number of hydrogen-bond donors (Lipinski definition) is 3. The minimum Gasteiger partial charge on any atom is -0.508 e. The van der Waals surface area contributed by atoms with Gasteiger partial charge in [-0.2, -0.15) is 0 Å². The van der Waals surface area contributed by atoms with E-state index in [1.54, 1.807) is 53.7 Å². The summed E-state index contributed by atoms with van der Waals surface area (Å²) >= 11 is 0. The molecule has 3 atom stereocenters. The van der Waals surface area contributed by atoms with Gasteiger partial charge in [0.15, 0.2) is 0 Å². The number of hydrogen-bond acceptors (Lipinski definition) is 7.